The Bertz CT molecular complexity index is 902. The molecule has 1 saturated carbocycles. The number of fused-ring (bicyclic) bond motifs is 1. The summed E-state index contributed by atoms with van der Waals surface area (Å²) in [6, 6.07) is 4.89. The minimum atomic E-state index is -0.428. The van der Waals surface area contributed by atoms with Crippen LogP contribution in [-0.2, 0) is 0 Å². The van der Waals surface area contributed by atoms with E-state index in [1.807, 2.05) is 6.07 Å². The van der Waals surface area contributed by atoms with Crippen molar-refractivity contribution < 1.29 is 14.2 Å². The molecular formula is C18H20FN5O2. The number of halogens is 1. The van der Waals surface area contributed by atoms with E-state index in [0.717, 1.165) is 17.6 Å². The molecule has 0 saturated heterocycles. The molecule has 3 atom stereocenters. The van der Waals surface area contributed by atoms with Crippen LogP contribution in [0.4, 0.5) is 10.2 Å². The maximum atomic E-state index is 14.1. The third kappa shape index (κ3) is 3.08. The van der Waals surface area contributed by atoms with E-state index in [1.165, 1.54) is 19.5 Å². The van der Waals surface area contributed by atoms with E-state index in [-0.39, 0.29) is 17.6 Å². The van der Waals surface area contributed by atoms with Crippen molar-refractivity contribution in [3.8, 4) is 5.75 Å². The van der Waals surface area contributed by atoms with Gasteiger partial charge in [-0.1, -0.05) is 0 Å². The van der Waals surface area contributed by atoms with E-state index in [0.29, 0.717) is 24.2 Å². The second-order valence-corrected chi connectivity index (χ2v) is 6.61. The van der Waals surface area contributed by atoms with Gasteiger partial charge in [-0.3, -0.25) is 5.10 Å². The predicted molar refractivity (Wildman–Crippen MR) is 94.6 cm³/mol. The lowest BCUT2D eigenvalue weighted by Gasteiger charge is -2.16. The highest BCUT2D eigenvalue weighted by Gasteiger charge is 2.35. The molecule has 3 N–H and O–H groups in total. The minimum absolute atomic E-state index is 0.0604. The third-order valence-corrected chi connectivity index (χ3v) is 5.05. The number of anilines is 1. The normalized spacial score (nSPS) is 22.7. The maximum Gasteiger partial charge on any atom is 0.165 e. The van der Waals surface area contributed by atoms with Crippen LogP contribution in [0.25, 0.3) is 10.8 Å². The number of ether oxygens (including phenoxy) is 1. The lowest BCUT2D eigenvalue weighted by atomic mass is 10.0. The van der Waals surface area contributed by atoms with Crippen molar-refractivity contribution in [1.29, 1.82) is 0 Å². The summed E-state index contributed by atoms with van der Waals surface area (Å²) in [7, 11) is 1.44. The molecule has 4 rings (SSSR count). The number of aromatic nitrogens is 4. The van der Waals surface area contributed by atoms with Crippen LogP contribution in [0.3, 0.4) is 0 Å². The van der Waals surface area contributed by atoms with E-state index in [4.69, 9.17) is 4.74 Å². The van der Waals surface area contributed by atoms with Gasteiger partial charge in [-0.15, -0.1) is 0 Å². The summed E-state index contributed by atoms with van der Waals surface area (Å²) in [5, 5.41) is 21.9. The van der Waals surface area contributed by atoms with Crippen LogP contribution in [0.2, 0.25) is 0 Å². The van der Waals surface area contributed by atoms with E-state index in [9.17, 15) is 9.50 Å². The Kier molecular flexibility index (Phi) is 4.42. The Balaban J connectivity index is 1.50. The van der Waals surface area contributed by atoms with Crippen molar-refractivity contribution in [3.63, 3.8) is 0 Å². The Morgan fingerprint density at radius 1 is 1.35 bits per heavy atom. The molecule has 2 heterocycles. The summed E-state index contributed by atoms with van der Waals surface area (Å²) in [4.78, 5) is 8.52. The number of aliphatic hydroxyl groups excluding tert-OH is 1. The van der Waals surface area contributed by atoms with Gasteiger partial charge in [0.25, 0.3) is 0 Å². The number of rotatable bonds is 5. The Hall–Kier alpha value is -2.74. The predicted octanol–water partition coefficient (Wildman–Crippen LogP) is 2.47. The standard InChI is InChI=1S/C18H20FN5O2/c1-26-16-6-10-2-3-20-18(13(10)7-14(16)19)21-8-12-4-11(5-15(12)25)17-22-9-23-24-17/h2-3,6-7,9,11-12,15,25H,4-5,8H2,1H3,(H,20,21)(H,22,23,24)/t11?,12-,15-/m1/s1. The van der Waals surface area contributed by atoms with E-state index in [2.05, 4.69) is 25.5 Å². The number of benzene rings is 1. The molecule has 136 valence electrons. The summed E-state index contributed by atoms with van der Waals surface area (Å²) in [6.45, 7) is 0.547. The lowest BCUT2D eigenvalue weighted by Crippen LogP contribution is -2.22. The van der Waals surface area contributed by atoms with E-state index >= 15 is 0 Å². The lowest BCUT2D eigenvalue weighted by molar-refractivity contribution is 0.137. The summed E-state index contributed by atoms with van der Waals surface area (Å²) >= 11 is 0. The molecule has 26 heavy (non-hydrogen) atoms. The molecule has 8 heteroatoms. The molecule has 0 radical (unpaired) electrons. The Labute approximate surface area is 149 Å². The fourth-order valence-corrected chi connectivity index (χ4v) is 3.66. The number of aliphatic hydroxyl groups is 1. The van der Waals surface area contributed by atoms with Gasteiger partial charge in [0.05, 0.1) is 13.2 Å². The van der Waals surface area contributed by atoms with Crippen LogP contribution in [0.15, 0.2) is 30.7 Å². The van der Waals surface area contributed by atoms with Crippen molar-refractivity contribution >= 4 is 16.6 Å². The molecule has 0 spiro atoms. The van der Waals surface area contributed by atoms with Crippen molar-refractivity contribution in [2.24, 2.45) is 5.92 Å². The first kappa shape index (κ1) is 16.7. The molecule has 0 amide bonds. The van der Waals surface area contributed by atoms with Crippen molar-refractivity contribution in [2.45, 2.75) is 24.9 Å². The fraction of sp³-hybridized carbons (Fsp3) is 0.389. The summed E-state index contributed by atoms with van der Waals surface area (Å²) < 4.78 is 19.1. The van der Waals surface area contributed by atoms with Gasteiger partial charge in [0.2, 0.25) is 0 Å². The molecule has 0 bridgehead atoms. The smallest absolute Gasteiger partial charge is 0.165 e. The maximum absolute atomic E-state index is 14.1. The average Bonchev–Trinajstić information content (AvgIpc) is 3.29. The number of nitrogens with one attached hydrogen (secondary N) is 2. The number of hydrogen-bond donors (Lipinski definition) is 3. The van der Waals surface area contributed by atoms with Crippen molar-refractivity contribution in [1.82, 2.24) is 20.2 Å². The third-order valence-electron chi connectivity index (χ3n) is 5.05. The zero-order valence-corrected chi connectivity index (χ0v) is 14.3. The van der Waals surface area contributed by atoms with Gasteiger partial charge in [0.1, 0.15) is 18.0 Å². The molecule has 1 aliphatic rings. The molecule has 2 aromatic heterocycles. The molecule has 1 fully saturated rings. The monoisotopic (exact) mass is 357 g/mol. The highest BCUT2D eigenvalue weighted by molar-refractivity contribution is 5.92. The second-order valence-electron chi connectivity index (χ2n) is 6.61. The Morgan fingerprint density at radius 2 is 2.23 bits per heavy atom. The minimum Gasteiger partial charge on any atom is -0.494 e. The van der Waals surface area contributed by atoms with Crippen LogP contribution in [0, 0.1) is 11.7 Å². The SMILES string of the molecule is COc1cc2ccnc(NC[C@H]3CC(c4ncn[nH]4)C[C@H]3O)c2cc1F. The number of pyridine rings is 1. The van der Waals surface area contributed by atoms with E-state index < -0.39 is 11.9 Å². The average molecular weight is 357 g/mol. The van der Waals surface area contributed by atoms with Crippen LogP contribution in [0.5, 0.6) is 5.75 Å². The first-order chi connectivity index (χ1) is 12.7. The molecule has 7 nitrogen and oxygen atoms in total. The number of methoxy groups -OCH3 is 1. The fourth-order valence-electron chi connectivity index (χ4n) is 3.66. The highest BCUT2D eigenvalue weighted by atomic mass is 19.1. The van der Waals surface area contributed by atoms with Crippen LogP contribution < -0.4 is 10.1 Å². The Morgan fingerprint density at radius 3 is 3.00 bits per heavy atom. The zero-order valence-electron chi connectivity index (χ0n) is 14.3. The van der Waals surface area contributed by atoms with Gasteiger partial charge < -0.3 is 15.2 Å². The summed E-state index contributed by atoms with van der Waals surface area (Å²) in [5.74, 6) is 1.41. The zero-order chi connectivity index (χ0) is 18.1. The van der Waals surface area contributed by atoms with E-state index in [1.54, 1.807) is 12.3 Å². The van der Waals surface area contributed by atoms with Crippen LogP contribution >= 0.6 is 0 Å². The molecule has 1 aromatic carbocycles. The van der Waals surface area contributed by atoms with Crippen LogP contribution in [0.1, 0.15) is 24.6 Å². The number of H-pyrrole nitrogens is 1. The molecule has 0 aliphatic heterocycles. The first-order valence-corrected chi connectivity index (χ1v) is 8.55. The second kappa shape index (κ2) is 6.87. The molecule has 1 unspecified atom stereocenters. The van der Waals surface area contributed by atoms with Gasteiger partial charge in [0.15, 0.2) is 11.6 Å². The van der Waals surface area contributed by atoms with Gasteiger partial charge in [0, 0.05) is 30.0 Å². The largest absolute Gasteiger partial charge is 0.494 e. The number of hydrogen-bond acceptors (Lipinski definition) is 6. The number of nitrogens with zero attached hydrogens (tertiary/aromatic N) is 3. The van der Waals surface area contributed by atoms with Gasteiger partial charge >= 0.3 is 0 Å². The first-order valence-electron chi connectivity index (χ1n) is 8.55. The van der Waals surface area contributed by atoms with Gasteiger partial charge in [-0.2, -0.15) is 5.10 Å². The molecule has 3 aromatic rings. The quantitative estimate of drug-likeness (QED) is 0.649. The summed E-state index contributed by atoms with van der Waals surface area (Å²) in [5.41, 5.74) is 0. The highest BCUT2D eigenvalue weighted by Crippen LogP contribution is 2.37. The van der Waals surface area contributed by atoms with Gasteiger partial charge in [-0.25, -0.2) is 14.4 Å². The van der Waals surface area contributed by atoms with Crippen molar-refractivity contribution in [2.75, 3.05) is 19.0 Å². The number of aromatic amines is 1. The van der Waals surface area contributed by atoms with Crippen LogP contribution in [-0.4, -0.2) is 45.0 Å². The molecule has 1 aliphatic carbocycles. The summed E-state index contributed by atoms with van der Waals surface area (Å²) in [6.07, 6.45) is 4.18. The van der Waals surface area contributed by atoms with Gasteiger partial charge in [-0.05, 0) is 36.4 Å². The molecular weight excluding hydrogens is 337 g/mol. The topological polar surface area (TPSA) is 96.0 Å². The van der Waals surface area contributed by atoms with Crippen molar-refractivity contribution in [3.05, 3.63) is 42.4 Å².